The van der Waals surface area contributed by atoms with Crippen LogP contribution in [0.3, 0.4) is 0 Å². The first-order chi connectivity index (χ1) is 10.00. The molecule has 0 spiro atoms. The Morgan fingerprint density at radius 3 is 2.81 bits per heavy atom. The molecule has 21 heavy (non-hydrogen) atoms. The number of nitrogens with zero attached hydrogens (tertiary/aromatic N) is 1. The van der Waals surface area contributed by atoms with Crippen molar-refractivity contribution in [3.63, 3.8) is 0 Å². The van der Waals surface area contributed by atoms with Gasteiger partial charge >= 0.3 is 5.97 Å². The number of aliphatic carboxylic acids is 1. The number of carboxylic acid groups (broad SMARTS) is 1. The number of H-pyrrole nitrogens is 1. The van der Waals surface area contributed by atoms with Crippen LogP contribution in [0.2, 0.25) is 0 Å². The third kappa shape index (κ3) is 1.84. The van der Waals surface area contributed by atoms with Crippen molar-refractivity contribution in [1.82, 2.24) is 9.88 Å². The van der Waals surface area contributed by atoms with Gasteiger partial charge in [-0.15, -0.1) is 11.6 Å². The van der Waals surface area contributed by atoms with Gasteiger partial charge in [-0.2, -0.15) is 0 Å². The highest BCUT2D eigenvalue weighted by Gasteiger charge is 2.48. The second-order valence-electron chi connectivity index (χ2n) is 5.33. The minimum absolute atomic E-state index is 0.224. The van der Waals surface area contributed by atoms with Crippen LogP contribution in [-0.2, 0) is 21.5 Å². The van der Waals surface area contributed by atoms with Crippen LogP contribution in [0.1, 0.15) is 18.2 Å². The predicted molar refractivity (Wildman–Crippen MR) is 79.4 cm³/mol. The Bertz CT molecular complexity index is 740. The van der Waals surface area contributed by atoms with Crippen LogP contribution in [0.15, 0.2) is 24.3 Å². The van der Waals surface area contributed by atoms with E-state index in [1.165, 1.54) is 4.90 Å². The van der Waals surface area contributed by atoms with Gasteiger partial charge in [-0.05, 0) is 25.0 Å². The number of hydrogen-bond donors (Lipinski definition) is 2. The average Bonchev–Trinajstić information content (AvgIpc) is 2.86. The molecule has 0 saturated heterocycles. The summed E-state index contributed by atoms with van der Waals surface area (Å²) in [6.07, 6.45) is 0.616. The lowest BCUT2D eigenvalue weighted by molar-refractivity contribution is -0.159. The monoisotopic (exact) mass is 306 g/mol. The number of rotatable bonds is 2. The molecule has 2 aromatic rings. The molecule has 110 valence electrons. The molecule has 1 aromatic heterocycles. The van der Waals surface area contributed by atoms with Crippen molar-refractivity contribution < 1.29 is 14.7 Å². The normalized spacial score (nSPS) is 21.3. The molecule has 3 rings (SSSR count). The summed E-state index contributed by atoms with van der Waals surface area (Å²) < 4.78 is 0. The smallest absolute Gasteiger partial charge is 0.335 e. The zero-order valence-electron chi connectivity index (χ0n) is 11.5. The van der Waals surface area contributed by atoms with E-state index < -0.39 is 11.5 Å². The molecule has 2 N–H and O–H groups in total. The van der Waals surface area contributed by atoms with Gasteiger partial charge in [-0.3, -0.25) is 4.79 Å². The quantitative estimate of drug-likeness (QED) is 0.834. The number of aromatic amines is 1. The van der Waals surface area contributed by atoms with Crippen LogP contribution in [0.25, 0.3) is 10.9 Å². The molecule has 1 aliphatic rings. The highest BCUT2D eigenvalue weighted by Crippen LogP contribution is 2.39. The molecule has 0 bridgehead atoms. The molecule has 6 heteroatoms. The van der Waals surface area contributed by atoms with E-state index in [-0.39, 0.29) is 11.8 Å². The topological polar surface area (TPSA) is 73.4 Å². The molecule has 0 aliphatic carbocycles. The van der Waals surface area contributed by atoms with Crippen molar-refractivity contribution in [1.29, 1.82) is 0 Å². The predicted octanol–water partition coefficient (Wildman–Crippen LogP) is 2.09. The number of hydrogen-bond acceptors (Lipinski definition) is 2. The van der Waals surface area contributed by atoms with Gasteiger partial charge in [-0.25, -0.2) is 4.79 Å². The minimum Gasteiger partial charge on any atom is -0.479 e. The Morgan fingerprint density at radius 1 is 1.43 bits per heavy atom. The van der Waals surface area contributed by atoms with E-state index in [0.29, 0.717) is 18.7 Å². The van der Waals surface area contributed by atoms with E-state index in [0.717, 1.165) is 16.5 Å². The zero-order chi connectivity index (χ0) is 15.2. The molecule has 0 radical (unpaired) electrons. The van der Waals surface area contributed by atoms with Gasteiger partial charge in [0.15, 0.2) is 5.54 Å². The van der Waals surface area contributed by atoms with E-state index in [1.807, 2.05) is 24.3 Å². The van der Waals surface area contributed by atoms with Gasteiger partial charge in [0.2, 0.25) is 5.91 Å². The average molecular weight is 307 g/mol. The molecule has 1 aromatic carbocycles. The highest BCUT2D eigenvalue weighted by atomic mass is 35.5. The number of halogens is 1. The maximum atomic E-state index is 12.0. The Hall–Kier alpha value is -2.01. The molecular weight excluding hydrogens is 292 g/mol. The fraction of sp³-hybridized carbons (Fsp3) is 0.333. The summed E-state index contributed by atoms with van der Waals surface area (Å²) in [7, 11) is 0. The number of benzene rings is 1. The lowest BCUT2D eigenvalue weighted by Gasteiger charge is -2.41. The first kappa shape index (κ1) is 13.9. The summed E-state index contributed by atoms with van der Waals surface area (Å²) in [5, 5.41) is 10.7. The summed E-state index contributed by atoms with van der Waals surface area (Å²) in [5.74, 6) is -1.65. The molecule has 0 saturated carbocycles. The minimum atomic E-state index is -1.42. The largest absolute Gasteiger partial charge is 0.479 e. The van der Waals surface area contributed by atoms with Crippen LogP contribution in [-0.4, -0.2) is 39.3 Å². The van der Waals surface area contributed by atoms with Gasteiger partial charge in [-0.1, -0.05) is 18.2 Å². The molecule has 1 amide bonds. The Balaban J connectivity index is 2.25. The molecule has 1 aliphatic heterocycles. The molecule has 0 unspecified atom stereocenters. The maximum Gasteiger partial charge on any atom is 0.335 e. The number of amides is 1. The van der Waals surface area contributed by atoms with Gasteiger partial charge in [0.05, 0.1) is 5.69 Å². The maximum absolute atomic E-state index is 12.0. The lowest BCUT2D eigenvalue weighted by Crippen LogP contribution is -2.56. The third-order valence-corrected chi connectivity index (χ3v) is 4.49. The SMILES string of the molecule is C[C@]1(C(=O)O)c2[nH]c3ccccc3c2CCN1C(=O)CCl. The number of carboxylic acids is 1. The standard InChI is InChI=1S/C15H15ClN2O3/c1-15(14(20)21)13-10(6-7-18(15)12(19)8-16)9-4-2-3-5-11(9)17-13/h2-5,17H,6-8H2,1H3,(H,20,21)/t15-/m1/s1. The van der Waals surface area contributed by atoms with Crippen molar-refractivity contribution in [2.45, 2.75) is 18.9 Å². The number of carbonyl (C=O) groups excluding carboxylic acids is 1. The highest BCUT2D eigenvalue weighted by molar-refractivity contribution is 6.27. The molecule has 1 atom stereocenters. The summed E-state index contributed by atoms with van der Waals surface area (Å²) >= 11 is 5.63. The number of fused-ring (bicyclic) bond motifs is 3. The van der Waals surface area contributed by atoms with E-state index in [9.17, 15) is 14.7 Å². The first-order valence-corrected chi connectivity index (χ1v) is 7.23. The van der Waals surface area contributed by atoms with E-state index >= 15 is 0 Å². The van der Waals surface area contributed by atoms with Crippen LogP contribution >= 0.6 is 11.6 Å². The lowest BCUT2D eigenvalue weighted by atomic mass is 9.86. The van der Waals surface area contributed by atoms with Gasteiger partial charge in [0.25, 0.3) is 0 Å². The Morgan fingerprint density at radius 2 is 2.14 bits per heavy atom. The van der Waals surface area contributed by atoms with Crippen molar-refractivity contribution in [2.24, 2.45) is 0 Å². The Kier molecular flexibility index (Phi) is 3.17. The first-order valence-electron chi connectivity index (χ1n) is 6.70. The van der Waals surface area contributed by atoms with Crippen LogP contribution in [0.5, 0.6) is 0 Å². The Labute approximate surface area is 126 Å². The van der Waals surface area contributed by atoms with E-state index in [1.54, 1.807) is 6.92 Å². The number of nitrogens with one attached hydrogen (secondary N) is 1. The molecule has 2 heterocycles. The van der Waals surface area contributed by atoms with Crippen molar-refractivity contribution in [3.8, 4) is 0 Å². The molecule has 0 fully saturated rings. The summed E-state index contributed by atoms with van der Waals surface area (Å²) in [5.41, 5.74) is 1.00. The zero-order valence-corrected chi connectivity index (χ0v) is 12.3. The second-order valence-corrected chi connectivity index (χ2v) is 5.60. The number of aromatic nitrogens is 1. The second kappa shape index (κ2) is 4.77. The number of carbonyl (C=O) groups is 2. The van der Waals surface area contributed by atoms with Gasteiger partial charge in [0, 0.05) is 17.4 Å². The molecular formula is C15H15ClN2O3. The van der Waals surface area contributed by atoms with Crippen molar-refractivity contribution in [2.75, 3.05) is 12.4 Å². The third-order valence-electron chi connectivity index (χ3n) is 4.26. The number of alkyl halides is 1. The fourth-order valence-electron chi connectivity index (χ4n) is 3.13. The van der Waals surface area contributed by atoms with Gasteiger partial charge in [0.1, 0.15) is 5.88 Å². The number of para-hydroxylation sites is 1. The van der Waals surface area contributed by atoms with Gasteiger partial charge < -0.3 is 15.0 Å². The summed E-state index contributed by atoms with van der Waals surface area (Å²) in [6.45, 7) is 1.90. The van der Waals surface area contributed by atoms with Crippen LogP contribution in [0.4, 0.5) is 0 Å². The van der Waals surface area contributed by atoms with Crippen LogP contribution < -0.4 is 0 Å². The van der Waals surface area contributed by atoms with E-state index in [2.05, 4.69) is 4.98 Å². The summed E-state index contributed by atoms with van der Waals surface area (Å²) in [6, 6.07) is 7.69. The fourth-order valence-corrected chi connectivity index (χ4v) is 3.27. The van der Waals surface area contributed by atoms with Crippen molar-refractivity contribution >= 4 is 34.4 Å². The van der Waals surface area contributed by atoms with Crippen LogP contribution in [0, 0.1) is 0 Å². The van der Waals surface area contributed by atoms with E-state index in [4.69, 9.17) is 11.6 Å². The molecule has 5 nitrogen and oxygen atoms in total. The van der Waals surface area contributed by atoms with Crippen molar-refractivity contribution in [3.05, 3.63) is 35.5 Å². The summed E-state index contributed by atoms with van der Waals surface area (Å²) in [4.78, 5) is 28.4.